The van der Waals surface area contributed by atoms with Crippen molar-refractivity contribution >= 4 is 33.2 Å². The molecular formula is C16H15BrN2O5. The Morgan fingerprint density at radius 1 is 1.25 bits per heavy atom. The molecule has 0 heterocycles. The summed E-state index contributed by atoms with van der Waals surface area (Å²) in [7, 11) is 1.41. The summed E-state index contributed by atoms with van der Waals surface area (Å²) in [4.78, 5) is 22.7. The summed E-state index contributed by atoms with van der Waals surface area (Å²) in [6, 6.07) is 11.2. The molecule has 8 heteroatoms. The second-order valence-electron chi connectivity index (χ2n) is 4.85. The van der Waals surface area contributed by atoms with Crippen LogP contribution in [0.15, 0.2) is 46.9 Å². The molecule has 126 valence electrons. The Balaban J connectivity index is 2.10. The zero-order valence-corrected chi connectivity index (χ0v) is 14.6. The third kappa shape index (κ3) is 4.45. The van der Waals surface area contributed by atoms with Gasteiger partial charge in [0.25, 0.3) is 5.91 Å². The van der Waals surface area contributed by atoms with Crippen molar-refractivity contribution in [3.8, 4) is 11.5 Å². The third-order valence-corrected chi connectivity index (χ3v) is 3.68. The van der Waals surface area contributed by atoms with E-state index in [1.54, 1.807) is 24.3 Å². The number of rotatable bonds is 6. The lowest BCUT2D eigenvalue weighted by Gasteiger charge is -2.15. The van der Waals surface area contributed by atoms with Crippen LogP contribution in [-0.4, -0.2) is 24.0 Å². The number of hydrogen-bond acceptors (Lipinski definition) is 5. The Morgan fingerprint density at radius 2 is 1.92 bits per heavy atom. The summed E-state index contributed by atoms with van der Waals surface area (Å²) in [5.41, 5.74) is 0.334. The number of amides is 1. The molecule has 24 heavy (non-hydrogen) atoms. The molecule has 2 rings (SSSR count). The van der Waals surface area contributed by atoms with E-state index in [2.05, 4.69) is 21.2 Å². The number of carbonyl (C=O) groups excluding carboxylic acids is 1. The first-order valence-corrected chi connectivity index (χ1v) is 7.75. The van der Waals surface area contributed by atoms with E-state index in [0.717, 1.165) is 4.47 Å². The summed E-state index contributed by atoms with van der Waals surface area (Å²) in [5, 5.41) is 13.8. The first-order valence-electron chi connectivity index (χ1n) is 6.96. The van der Waals surface area contributed by atoms with Gasteiger partial charge in [0.1, 0.15) is 5.75 Å². The number of hydrogen-bond donors (Lipinski definition) is 1. The Labute approximate surface area is 146 Å². The number of benzene rings is 2. The van der Waals surface area contributed by atoms with Crippen LogP contribution in [0.3, 0.4) is 0 Å². The Hall–Kier alpha value is -2.61. The second-order valence-corrected chi connectivity index (χ2v) is 5.76. The zero-order chi connectivity index (χ0) is 17.7. The highest BCUT2D eigenvalue weighted by Crippen LogP contribution is 2.31. The summed E-state index contributed by atoms with van der Waals surface area (Å²) < 4.78 is 11.3. The molecule has 0 bridgehead atoms. The predicted octanol–water partition coefficient (Wildman–Crippen LogP) is 3.77. The lowest BCUT2D eigenvalue weighted by molar-refractivity contribution is -0.386. The van der Waals surface area contributed by atoms with Gasteiger partial charge in [-0.25, -0.2) is 0 Å². The van der Waals surface area contributed by atoms with Crippen molar-refractivity contribution in [3.63, 3.8) is 0 Å². The number of ether oxygens (including phenoxy) is 2. The Kier molecular flexibility index (Phi) is 5.75. The average Bonchev–Trinajstić information content (AvgIpc) is 2.57. The van der Waals surface area contributed by atoms with Crippen LogP contribution in [-0.2, 0) is 4.79 Å². The minimum Gasteiger partial charge on any atom is -0.496 e. The fraction of sp³-hybridized carbons (Fsp3) is 0.188. The standard InChI is InChI=1S/C16H15BrN2O5/c1-10(16(20)18-12-5-3-11(17)4-6-12)24-15-8-7-13(23-2)9-14(15)19(21)22/h3-10H,1-2H3,(H,18,20). The molecule has 2 aromatic rings. The summed E-state index contributed by atoms with van der Waals surface area (Å²) >= 11 is 3.31. The fourth-order valence-corrected chi connectivity index (χ4v) is 2.15. The van der Waals surface area contributed by atoms with Crippen LogP contribution in [0.1, 0.15) is 6.92 Å². The van der Waals surface area contributed by atoms with Crippen molar-refractivity contribution < 1.29 is 19.2 Å². The van der Waals surface area contributed by atoms with Gasteiger partial charge < -0.3 is 14.8 Å². The van der Waals surface area contributed by atoms with Crippen LogP contribution in [0, 0.1) is 10.1 Å². The van der Waals surface area contributed by atoms with Gasteiger partial charge in [0.2, 0.25) is 0 Å². The highest BCUT2D eigenvalue weighted by molar-refractivity contribution is 9.10. The maximum Gasteiger partial charge on any atom is 0.314 e. The molecule has 2 aromatic carbocycles. The van der Waals surface area contributed by atoms with Gasteiger partial charge in [-0.05, 0) is 43.3 Å². The first-order chi connectivity index (χ1) is 11.4. The van der Waals surface area contributed by atoms with Gasteiger partial charge in [0, 0.05) is 10.2 Å². The number of halogens is 1. The number of nitrogens with one attached hydrogen (secondary N) is 1. The van der Waals surface area contributed by atoms with Gasteiger partial charge in [-0.15, -0.1) is 0 Å². The topological polar surface area (TPSA) is 90.7 Å². The molecule has 1 atom stereocenters. The van der Waals surface area contributed by atoms with Crippen molar-refractivity contribution in [2.45, 2.75) is 13.0 Å². The number of nitro groups is 1. The van der Waals surface area contributed by atoms with Gasteiger partial charge in [0.15, 0.2) is 11.9 Å². The van der Waals surface area contributed by atoms with Gasteiger partial charge in [-0.3, -0.25) is 14.9 Å². The monoisotopic (exact) mass is 394 g/mol. The van der Waals surface area contributed by atoms with Crippen LogP contribution in [0.2, 0.25) is 0 Å². The molecule has 0 aliphatic carbocycles. The molecule has 0 saturated heterocycles. The van der Waals surface area contributed by atoms with Crippen LogP contribution in [0.25, 0.3) is 0 Å². The molecular weight excluding hydrogens is 380 g/mol. The van der Waals surface area contributed by atoms with E-state index in [1.165, 1.54) is 32.2 Å². The van der Waals surface area contributed by atoms with Crippen molar-refractivity contribution in [3.05, 3.63) is 57.1 Å². The molecule has 7 nitrogen and oxygen atoms in total. The van der Waals surface area contributed by atoms with Gasteiger partial charge in [0.05, 0.1) is 18.1 Å². The largest absolute Gasteiger partial charge is 0.496 e. The maximum atomic E-state index is 12.2. The number of nitro benzene ring substituents is 1. The molecule has 0 spiro atoms. The average molecular weight is 395 g/mol. The molecule has 1 N–H and O–H groups in total. The number of nitrogens with zero attached hydrogens (tertiary/aromatic N) is 1. The van der Waals surface area contributed by atoms with E-state index in [4.69, 9.17) is 9.47 Å². The van der Waals surface area contributed by atoms with Crippen LogP contribution in [0.4, 0.5) is 11.4 Å². The Bertz CT molecular complexity index is 749. The van der Waals surface area contributed by atoms with E-state index < -0.39 is 16.9 Å². The lowest BCUT2D eigenvalue weighted by Crippen LogP contribution is -2.30. The second kappa shape index (κ2) is 7.78. The summed E-state index contributed by atoms with van der Waals surface area (Å²) in [5.74, 6) is -0.0808. The minimum absolute atomic E-state index is 0.000689. The van der Waals surface area contributed by atoms with E-state index in [1.807, 2.05) is 0 Å². The van der Waals surface area contributed by atoms with Gasteiger partial charge in [-0.2, -0.15) is 0 Å². The lowest BCUT2D eigenvalue weighted by atomic mass is 10.2. The molecule has 1 unspecified atom stereocenters. The number of anilines is 1. The molecule has 0 aliphatic rings. The van der Waals surface area contributed by atoms with Crippen molar-refractivity contribution in [1.29, 1.82) is 0 Å². The normalized spacial score (nSPS) is 11.5. The number of methoxy groups -OCH3 is 1. The molecule has 0 aliphatic heterocycles. The van der Waals surface area contributed by atoms with E-state index >= 15 is 0 Å². The quantitative estimate of drug-likeness (QED) is 0.594. The van der Waals surface area contributed by atoms with Crippen LogP contribution in [0.5, 0.6) is 11.5 Å². The van der Waals surface area contributed by atoms with Crippen molar-refractivity contribution in [2.75, 3.05) is 12.4 Å². The van der Waals surface area contributed by atoms with Crippen LogP contribution >= 0.6 is 15.9 Å². The smallest absolute Gasteiger partial charge is 0.314 e. The zero-order valence-electron chi connectivity index (χ0n) is 13.0. The Morgan fingerprint density at radius 3 is 2.50 bits per heavy atom. The third-order valence-electron chi connectivity index (χ3n) is 3.15. The predicted molar refractivity (Wildman–Crippen MR) is 92.5 cm³/mol. The fourth-order valence-electron chi connectivity index (χ4n) is 1.89. The SMILES string of the molecule is COc1ccc(OC(C)C(=O)Nc2ccc(Br)cc2)c([N+](=O)[O-])c1. The molecule has 0 fully saturated rings. The summed E-state index contributed by atoms with van der Waals surface area (Å²) in [6.45, 7) is 1.52. The molecule has 0 radical (unpaired) electrons. The number of carbonyl (C=O) groups is 1. The van der Waals surface area contributed by atoms with E-state index in [0.29, 0.717) is 11.4 Å². The van der Waals surface area contributed by atoms with E-state index in [-0.39, 0.29) is 11.4 Å². The highest BCUT2D eigenvalue weighted by atomic mass is 79.9. The minimum atomic E-state index is -0.916. The van der Waals surface area contributed by atoms with E-state index in [9.17, 15) is 14.9 Å². The van der Waals surface area contributed by atoms with Gasteiger partial charge >= 0.3 is 5.69 Å². The van der Waals surface area contributed by atoms with Gasteiger partial charge in [-0.1, -0.05) is 15.9 Å². The van der Waals surface area contributed by atoms with Crippen LogP contribution < -0.4 is 14.8 Å². The maximum absolute atomic E-state index is 12.2. The molecule has 0 saturated carbocycles. The van der Waals surface area contributed by atoms with Crippen molar-refractivity contribution in [1.82, 2.24) is 0 Å². The first kappa shape index (κ1) is 17.7. The summed E-state index contributed by atoms with van der Waals surface area (Å²) in [6.07, 6.45) is -0.916. The van der Waals surface area contributed by atoms with Crippen molar-refractivity contribution in [2.24, 2.45) is 0 Å². The molecule has 0 aromatic heterocycles. The molecule has 1 amide bonds. The highest BCUT2D eigenvalue weighted by Gasteiger charge is 2.22.